The second-order valence-electron chi connectivity index (χ2n) is 3.16. The zero-order valence-electron chi connectivity index (χ0n) is 7.77. The molecule has 0 aromatic rings. The van der Waals surface area contributed by atoms with Crippen molar-refractivity contribution in [3.63, 3.8) is 0 Å². The number of hydrogen-bond acceptors (Lipinski definition) is 4. The summed E-state index contributed by atoms with van der Waals surface area (Å²) in [6.07, 6.45) is -0.697. The molecule has 0 heterocycles. The fourth-order valence-corrected chi connectivity index (χ4v) is 1.08. The SMILES string of the molecule is C[C@@H](O)[C@H](O)[C@H](CC=O)N(C)C. The molecule has 4 heteroatoms. The van der Waals surface area contributed by atoms with Gasteiger partial charge in [0.15, 0.2) is 0 Å². The molecule has 4 nitrogen and oxygen atoms in total. The van der Waals surface area contributed by atoms with Crippen molar-refractivity contribution < 1.29 is 15.0 Å². The van der Waals surface area contributed by atoms with Crippen molar-refractivity contribution in [2.24, 2.45) is 0 Å². The predicted octanol–water partition coefficient (Wildman–Crippen LogP) is -0.753. The average Bonchev–Trinajstić information content (AvgIpc) is 1.98. The maximum absolute atomic E-state index is 10.2. The monoisotopic (exact) mass is 175 g/mol. The quantitative estimate of drug-likeness (QED) is 0.540. The van der Waals surface area contributed by atoms with E-state index in [4.69, 9.17) is 5.11 Å². The summed E-state index contributed by atoms with van der Waals surface area (Å²) in [4.78, 5) is 12.0. The van der Waals surface area contributed by atoms with E-state index >= 15 is 0 Å². The minimum atomic E-state index is -0.870. The molecule has 0 saturated carbocycles. The van der Waals surface area contributed by atoms with Crippen LogP contribution in [0.4, 0.5) is 0 Å². The van der Waals surface area contributed by atoms with Crippen molar-refractivity contribution in [2.45, 2.75) is 31.6 Å². The molecular formula is C8H17NO3. The zero-order valence-corrected chi connectivity index (χ0v) is 7.77. The van der Waals surface area contributed by atoms with Gasteiger partial charge in [0.2, 0.25) is 0 Å². The van der Waals surface area contributed by atoms with Crippen molar-refractivity contribution in [3.05, 3.63) is 0 Å². The summed E-state index contributed by atoms with van der Waals surface area (Å²) in [5.74, 6) is 0. The molecule has 0 aliphatic carbocycles. The Kier molecular flexibility index (Phi) is 5.04. The van der Waals surface area contributed by atoms with E-state index < -0.39 is 12.2 Å². The van der Waals surface area contributed by atoms with Gasteiger partial charge in [0, 0.05) is 12.5 Å². The van der Waals surface area contributed by atoms with E-state index in [9.17, 15) is 9.90 Å². The molecule has 0 fully saturated rings. The highest BCUT2D eigenvalue weighted by Crippen LogP contribution is 2.07. The van der Waals surface area contributed by atoms with E-state index in [0.717, 1.165) is 6.29 Å². The molecule has 72 valence electrons. The normalized spacial score (nSPS) is 18.8. The highest BCUT2D eigenvalue weighted by Gasteiger charge is 2.24. The number of nitrogens with zero attached hydrogens (tertiary/aromatic N) is 1. The van der Waals surface area contributed by atoms with Crippen molar-refractivity contribution in [2.75, 3.05) is 14.1 Å². The van der Waals surface area contributed by atoms with Crippen LogP contribution in [0.25, 0.3) is 0 Å². The number of aldehydes is 1. The Balaban J connectivity index is 4.18. The second-order valence-corrected chi connectivity index (χ2v) is 3.16. The van der Waals surface area contributed by atoms with E-state index in [1.807, 2.05) is 0 Å². The largest absolute Gasteiger partial charge is 0.391 e. The van der Waals surface area contributed by atoms with Crippen LogP contribution in [0.3, 0.4) is 0 Å². The highest BCUT2D eigenvalue weighted by molar-refractivity contribution is 5.50. The van der Waals surface area contributed by atoms with Crippen LogP contribution in [-0.4, -0.2) is 53.7 Å². The van der Waals surface area contributed by atoms with Gasteiger partial charge in [0.25, 0.3) is 0 Å². The van der Waals surface area contributed by atoms with Gasteiger partial charge in [0.1, 0.15) is 6.29 Å². The minimum Gasteiger partial charge on any atom is -0.391 e. The van der Waals surface area contributed by atoms with Crippen molar-refractivity contribution in [3.8, 4) is 0 Å². The number of aliphatic hydroxyl groups is 2. The molecule has 0 aromatic carbocycles. The lowest BCUT2D eigenvalue weighted by Crippen LogP contribution is -2.44. The first kappa shape index (κ1) is 11.6. The molecule has 0 rings (SSSR count). The molecule has 2 N–H and O–H groups in total. The van der Waals surface area contributed by atoms with Gasteiger partial charge in [-0.25, -0.2) is 0 Å². The Hall–Kier alpha value is -0.450. The maximum Gasteiger partial charge on any atom is 0.121 e. The number of carbonyl (C=O) groups excluding carboxylic acids is 1. The van der Waals surface area contributed by atoms with Crippen molar-refractivity contribution >= 4 is 6.29 Å². The van der Waals surface area contributed by atoms with Crippen LogP contribution >= 0.6 is 0 Å². The molecular weight excluding hydrogens is 158 g/mol. The maximum atomic E-state index is 10.2. The minimum absolute atomic E-state index is 0.235. The fourth-order valence-electron chi connectivity index (χ4n) is 1.08. The summed E-state index contributed by atoms with van der Waals surface area (Å²) in [6.45, 7) is 1.51. The Bertz CT molecular complexity index is 136. The lowest BCUT2D eigenvalue weighted by Gasteiger charge is -2.28. The van der Waals surface area contributed by atoms with E-state index in [-0.39, 0.29) is 12.5 Å². The first-order valence-electron chi connectivity index (χ1n) is 3.97. The van der Waals surface area contributed by atoms with Crippen LogP contribution in [0.15, 0.2) is 0 Å². The Morgan fingerprint density at radius 1 is 1.42 bits per heavy atom. The summed E-state index contributed by atoms with van der Waals surface area (Å²) >= 11 is 0. The molecule has 0 aromatic heterocycles. The van der Waals surface area contributed by atoms with Crippen molar-refractivity contribution in [1.29, 1.82) is 0 Å². The van der Waals surface area contributed by atoms with Gasteiger partial charge in [-0.15, -0.1) is 0 Å². The fraction of sp³-hybridized carbons (Fsp3) is 0.875. The summed E-state index contributed by atoms with van der Waals surface area (Å²) in [6, 6.07) is -0.303. The number of aliphatic hydroxyl groups excluding tert-OH is 2. The van der Waals surface area contributed by atoms with Gasteiger partial charge in [-0.2, -0.15) is 0 Å². The number of rotatable bonds is 5. The van der Waals surface area contributed by atoms with Crippen LogP contribution in [0.2, 0.25) is 0 Å². The molecule has 12 heavy (non-hydrogen) atoms. The summed E-state index contributed by atoms with van der Waals surface area (Å²) in [5, 5.41) is 18.5. The highest BCUT2D eigenvalue weighted by atomic mass is 16.3. The number of likely N-dealkylation sites (N-methyl/N-ethyl adjacent to an activating group) is 1. The van der Waals surface area contributed by atoms with Crippen LogP contribution < -0.4 is 0 Å². The Morgan fingerprint density at radius 3 is 2.17 bits per heavy atom. The number of carbonyl (C=O) groups is 1. The van der Waals surface area contributed by atoms with Gasteiger partial charge in [-0.3, -0.25) is 0 Å². The van der Waals surface area contributed by atoms with E-state index in [2.05, 4.69) is 0 Å². The molecule has 0 aliphatic heterocycles. The third-order valence-electron chi connectivity index (χ3n) is 1.89. The van der Waals surface area contributed by atoms with Gasteiger partial charge in [-0.05, 0) is 21.0 Å². The van der Waals surface area contributed by atoms with Crippen LogP contribution in [0, 0.1) is 0 Å². The smallest absolute Gasteiger partial charge is 0.121 e. The Morgan fingerprint density at radius 2 is 1.92 bits per heavy atom. The lowest BCUT2D eigenvalue weighted by molar-refractivity contribution is -0.110. The summed E-state index contributed by atoms with van der Waals surface area (Å²) in [7, 11) is 3.53. The zero-order chi connectivity index (χ0) is 9.72. The second kappa shape index (κ2) is 5.24. The molecule has 0 radical (unpaired) electrons. The van der Waals surface area contributed by atoms with Crippen LogP contribution in [0.1, 0.15) is 13.3 Å². The number of hydrogen-bond donors (Lipinski definition) is 2. The van der Waals surface area contributed by atoms with Crippen molar-refractivity contribution in [1.82, 2.24) is 4.90 Å². The third kappa shape index (κ3) is 3.30. The summed E-state index contributed by atoms with van der Waals surface area (Å²) < 4.78 is 0. The molecule has 3 atom stereocenters. The third-order valence-corrected chi connectivity index (χ3v) is 1.89. The van der Waals surface area contributed by atoms with E-state index in [1.54, 1.807) is 19.0 Å². The molecule has 0 bridgehead atoms. The van der Waals surface area contributed by atoms with E-state index in [0.29, 0.717) is 0 Å². The lowest BCUT2D eigenvalue weighted by atomic mass is 10.0. The summed E-state index contributed by atoms with van der Waals surface area (Å²) in [5.41, 5.74) is 0. The topological polar surface area (TPSA) is 60.8 Å². The van der Waals surface area contributed by atoms with E-state index in [1.165, 1.54) is 6.92 Å². The van der Waals surface area contributed by atoms with Gasteiger partial charge < -0.3 is 19.9 Å². The standard InChI is InChI=1S/C8H17NO3/c1-6(11)8(12)7(4-5-10)9(2)3/h5-8,11-12H,4H2,1-3H3/t6-,7+,8+/m1/s1. The average molecular weight is 175 g/mol. The molecule has 0 saturated heterocycles. The molecule has 0 unspecified atom stereocenters. The first-order valence-corrected chi connectivity index (χ1v) is 3.97. The molecule has 0 amide bonds. The van der Waals surface area contributed by atoms with Crippen LogP contribution in [-0.2, 0) is 4.79 Å². The van der Waals surface area contributed by atoms with Crippen LogP contribution in [0.5, 0.6) is 0 Å². The Labute approximate surface area is 72.8 Å². The first-order chi connectivity index (χ1) is 5.50. The predicted molar refractivity (Wildman–Crippen MR) is 45.8 cm³/mol. The van der Waals surface area contributed by atoms with Gasteiger partial charge in [-0.1, -0.05) is 0 Å². The molecule has 0 spiro atoms. The molecule has 0 aliphatic rings. The van der Waals surface area contributed by atoms with Gasteiger partial charge in [0.05, 0.1) is 12.2 Å². The van der Waals surface area contributed by atoms with Gasteiger partial charge >= 0.3 is 0 Å².